The predicted octanol–water partition coefficient (Wildman–Crippen LogP) is 4.46. The van der Waals surface area contributed by atoms with Crippen molar-refractivity contribution in [2.75, 3.05) is 16.9 Å². The van der Waals surface area contributed by atoms with Crippen molar-refractivity contribution in [2.24, 2.45) is 0 Å². The quantitative estimate of drug-likeness (QED) is 0.620. The Labute approximate surface area is 172 Å². The number of hydrogen-bond donors (Lipinski definition) is 2. The molecule has 0 bridgehead atoms. The van der Waals surface area contributed by atoms with E-state index >= 15 is 0 Å². The van der Waals surface area contributed by atoms with Crippen LogP contribution in [0.4, 0.5) is 25.0 Å². The zero-order chi connectivity index (χ0) is 22.1. The fraction of sp³-hybridized carbons (Fsp3) is 0.200. The van der Waals surface area contributed by atoms with E-state index in [1.54, 1.807) is 23.1 Å². The number of halogens is 2. The van der Waals surface area contributed by atoms with E-state index < -0.39 is 27.5 Å². The molecule has 0 saturated carbocycles. The molecule has 3 rings (SSSR count). The summed E-state index contributed by atoms with van der Waals surface area (Å²) in [6.45, 7) is 3.90. The van der Waals surface area contributed by atoms with Gasteiger partial charge in [-0.15, -0.1) is 0 Å². The summed E-state index contributed by atoms with van der Waals surface area (Å²) in [6.07, 6.45) is 4.41. The number of sulfone groups is 1. The van der Waals surface area contributed by atoms with Gasteiger partial charge in [-0.2, -0.15) is 5.10 Å². The molecule has 1 aromatic heterocycles. The fourth-order valence-corrected chi connectivity index (χ4v) is 3.38. The van der Waals surface area contributed by atoms with E-state index in [0.29, 0.717) is 17.2 Å². The minimum absolute atomic E-state index is 0.00534. The average Bonchev–Trinajstić information content (AvgIpc) is 3.13. The molecule has 7 nitrogen and oxygen atoms in total. The molecule has 0 fully saturated rings. The molecule has 2 N–H and O–H groups in total. The molecular formula is C20H20F2N4O3S. The van der Waals surface area contributed by atoms with Crippen molar-refractivity contribution in [3.05, 3.63) is 60.4 Å². The van der Waals surface area contributed by atoms with Crippen molar-refractivity contribution < 1.29 is 22.0 Å². The van der Waals surface area contributed by atoms with Gasteiger partial charge in [-0.3, -0.25) is 4.68 Å². The first-order valence-electron chi connectivity index (χ1n) is 8.96. The van der Waals surface area contributed by atoms with Gasteiger partial charge in [0.25, 0.3) is 0 Å². The van der Waals surface area contributed by atoms with Crippen LogP contribution in [0.15, 0.2) is 53.7 Å². The first-order valence-corrected chi connectivity index (χ1v) is 10.9. The molecule has 0 unspecified atom stereocenters. The summed E-state index contributed by atoms with van der Waals surface area (Å²) in [5, 5.41) is 9.08. The number of benzene rings is 2. The lowest BCUT2D eigenvalue weighted by molar-refractivity contribution is 0.262. The lowest BCUT2D eigenvalue weighted by atomic mass is 10.1. The van der Waals surface area contributed by atoms with Crippen LogP contribution in [0.3, 0.4) is 0 Å². The largest absolute Gasteiger partial charge is 0.323 e. The second kappa shape index (κ2) is 8.23. The normalized spacial score (nSPS) is 11.5. The summed E-state index contributed by atoms with van der Waals surface area (Å²) >= 11 is 0. The average molecular weight is 434 g/mol. The maximum Gasteiger partial charge on any atom is 0.323 e. The van der Waals surface area contributed by atoms with E-state index in [2.05, 4.69) is 15.7 Å². The van der Waals surface area contributed by atoms with Crippen LogP contribution in [-0.4, -0.2) is 30.5 Å². The van der Waals surface area contributed by atoms with Crippen LogP contribution in [0, 0.1) is 11.6 Å². The van der Waals surface area contributed by atoms with Gasteiger partial charge in [-0.05, 0) is 38.1 Å². The molecule has 0 aliphatic carbocycles. The zero-order valence-electron chi connectivity index (χ0n) is 16.5. The summed E-state index contributed by atoms with van der Waals surface area (Å²) in [5.74, 6) is -1.71. The second-order valence-corrected chi connectivity index (χ2v) is 9.00. The molecule has 0 atom stereocenters. The molecule has 0 aliphatic heterocycles. The Bertz CT molecular complexity index is 1210. The van der Waals surface area contributed by atoms with E-state index in [1.807, 2.05) is 13.8 Å². The lowest BCUT2D eigenvalue weighted by Gasteiger charge is -2.13. The van der Waals surface area contributed by atoms with Crippen LogP contribution in [0.1, 0.15) is 19.9 Å². The van der Waals surface area contributed by atoms with Gasteiger partial charge in [-0.1, -0.05) is 6.07 Å². The predicted molar refractivity (Wildman–Crippen MR) is 110 cm³/mol. The molecule has 3 aromatic rings. The summed E-state index contributed by atoms with van der Waals surface area (Å²) in [6, 6.07) is 6.34. The Kier molecular flexibility index (Phi) is 5.88. The highest BCUT2D eigenvalue weighted by atomic mass is 32.2. The Morgan fingerprint density at radius 3 is 2.37 bits per heavy atom. The Hall–Kier alpha value is -3.27. The van der Waals surface area contributed by atoms with Crippen molar-refractivity contribution in [2.45, 2.75) is 24.8 Å². The van der Waals surface area contributed by atoms with E-state index in [9.17, 15) is 22.0 Å². The van der Waals surface area contributed by atoms with E-state index in [4.69, 9.17) is 0 Å². The van der Waals surface area contributed by atoms with Crippen LogP contribution in [0.2, 0.25) is 0 Å². The van der Waals surface area contributed by atoms with Crippen LogP contribution < -0.4 is 10.6 Å². The minimum atomic E-state index is -3.53. The van der Waals surface area contributed by atoms with Crippen molar-refractivity contribution >= 4 is 27.2 Å². The number of carbonyl (C=O) groups is 1. The highest BCUT2D eigenvalue weighted by Crippen LogP contribution is 2.31. The van der Waals surface area contributed by atoms with Gasteiger partial charge in [0.2, 0.25) is 0 Å². The summed E-state index contributed by atoms with van der Waals surface area (Å²) in [5.41, 5.74) is 1.17. The molecular weight excluding hydrogens is 414 g/mol. The number of amides is 2. The SMILES string of the molecule is CC(C)n1cc(-c2ccc(S(C)(=O)=O)cc2NC(=O)Nc2ccc(F)cc2F)cn1. The number of nitrogens with one attached hydrogen (secondary N) is 2. The number of urea groups is 1. The molecule has 0 radical (unpaired) electrons. The van der Waals surface area contributed by atoms with Crippen molar-refractivity contribution in [3.63, 3.8) is 0 Å². The van der Waals surface area contributed by atoms with Crippen LogP contribution >= 0.6 is 0 Å². The molecule has 2 amide bonds. The first kappa shape index (κ1) is 21.4. The summed E-state index contributed by atoms with van der Waals surface area (Å²) < 4.78 is 52.5. The van der Waals surface area contributed by atoms with Crippen molar-refractivity contribution in [1.29, 1.82) is 0 Å². The van der Waals surface area contributed by atoms with Crippen molar-refractivity contribution in [3.8, 4) is 11.1 Å². The van der Waals surface area contributed by atoms with Gasteiger partial charge in [0.1, 0.15) is 11.6 Å². The summed E-state index contributed by atoms with van der Waals surface area (Å²) in [4.78, 5) is 12.4. The van der Waals surface area contributed by atoms with E-state index in [1.165, 1.54) is 12.1 Å². The third kappa shape index (κ3) is 4.82. The third-order valence-electron chi connectivity index (χ3n) is 4.29. The Balaban J connectivity index is 1.96. The zero-order valence-corrected chi connectivity index (χ0v) is 17.3. The number of aromatic nitrogens is 2. The number of rotatable bonds is 5. The highest BCUT2D eigenvalue weighted by Gasteiger charge is 2.16. The Morgan fingerprint density at radius 2 is 1.77 bits per heavy atom. The standard InChI is InChI=1S/C20H20F2N4O3S/c1-12(2)26-11-13(10-23-26)16-6-5-15(30(3,28)29)9-19(16)25-20(27)24-18-7-4-14(21)8-17(18)22/h4-12H,1-3H3,(H2,24,25,27). The molecule has 10 heteroatoms. The monoisotopic (exact) mass is 434 g/mol. The molecule has 0 aliphatic rings. The number of anilines is 2. The highest BCUT2D eigenvalue weighted by molar-refractivity contribution is 7.90. The maximum atomic E-state index is 13.8. The molecule has 0 saturated heterocycles. The van der Waals surface area contributed by atoms with E-state index in [0.717, 1.165) is 18.4 Å². The topological polar surface area (TPSA) is 93.1 Å². The third-order valence-corrected chi connectivity index (χ3v) is 5.40. The Morgan fingerprint density at radius 1 is 1.07 bits per heavy atom. The second-order valence-electron chi connectivity index (χ2n) is 6.99. The summed E-state index contributed by atoms with van der Waals surface area (Å²) in [7, 11) is -3.53. The van der Waals surface area contributed by atoms with Crippen LogP contribution in [-0.2, 0) is 9.84 Å². The van der Waals surface area contributed by atoms with Gasteiger partial charge in [0, 0.05) is 35.7 Å². The van der Waals surface area contributed by atoms with E-state index in [-0.39, 0.29) is 22.3 Å². The van der Waals surface area contributed by atoms with Gasteiger partial charge in [-0.25, -0.2) is 22.0 Å². The first-order chi connectivity index (χ1) is 14.0. The molecule has 158 valence electrons. The molecule has 30 heavy (non-hydrogen) atoms. The van der Waals surface area contributed by atoms with Gasteiger partial charge in [0.15, 0.2) is 9.84 Å². The van der Waals surface area contributed by atoms with Gasteiger partial charge < -0.3 is 10.6 Å². The lowest BCUT2D eigenvalue weighted by Crippen LogP contribution is -2.21. The van der Waals surface area contributed by atoms with Crippen LogP contribution in [0.25, 0.3) is 11.1 Å². The molecule has 1 heterocycles. The fourth-order valence-electron chi connectivity index (χ4n) is 2.74. The number of hydrogen-bond acceptors (Lipinski definition) is 4. The van der Waals surface area contributed by atoms with Crippen LogP contribution in [0.5, 0.6) is 0 Å². The molecule has 0 spiro atoms. The molecule has 2 aromatic carbocycles. The van der Waals surface area contributed by atoms with Gasteiger partial charge in [0.05, 0.1) is 22.5 Å². The maximum absolute atomic E-state index is 13.8. The number of nitrogens with zero attached hydrogens (tertiary/aromatic N) is 2. The smallest absolute Gasteiger partial charge is 0.307 e. The minimum Gasteiger partial charge on any atom is -0.307 e. The van der Waals surface area contributed by atoms with Gasteiger partial charge >= 0.3 is 6.03 Å². The van der Waals surface area contributed by atoms with Crippen molar-refractivity contribution in [1.82, 2.24) is 9.78 Å². The number of carbonyl (C=O) groups excluding carboxylic acids is 1.